The number of anilines is 1. The molecular formula is C33H44N4O. The lowest BCUT2D eigenvalue weighted by Gasteiger charge is -2.29. The lowest BCUT2D eigenvalue weighted by atomic mass is 9.79. The largest absolute Gasteiger partial charge is 0.496 e. The van der Waals surface area contributed by atoms with Gasteiger partial charge in [0, 0.05) is 39.4 Å². The molecule has 0 unspecified atom stereocenters. The minimum absolute atomic E-state index is 0. The molecule has 1 aromatic heterocycles. The standard InChI is InChI=1S/C33H42N4O.H2/c1-37(2)33-29-13-7-8-14-30(29)35-32(36-33)15-9-4-10-24-16-18-25(19-17-24)22-34-23-28-20-26-11-5-6-12-27(26)21-31(28)38-3;/h5-8,11-14,20-21,24-25,34H,4,9-10,15-19,22-23H2,1-3H3;1H. The number of ether oxygens (including phenoxy) is 1. The molecule has 0 bridgehead atoms. The van der Waals surface area contributed by atoms with Gasteiger partial charge in [-0.3, -0.25) is 0 Å². The van der Waals surface area contributed by atoms with Crippen LogP contribution in [0.2, 0.25) is 0 Å². The molecular weight excluding hydrogens is 468 g/mol. The summed E-state index contributed by atoms with van der Waals surface area (Å²) in [5, 5.41) is 7.36. The zero-order valence-corrected chi connectivity index (χ0v) is 23.2. The van der Waals surface area contributed by atoms with Gasteiger partial charge in [0.15, 0.2) is 0 Å². The minimum Gasteiger partial charge on any atom is -0.496 e. The lowest BCUT2D eigenvalue weighted by molar-refractivity contribution is 0.252. The minimum atomic E-state index is 0. The maximum atomic E-state index is 5.67. The van der Waals surface area contributed by atoms with Crippen molar-refractivity contribution in [1.29, 1.82) is 0 Å². The number of aromatic nitrogens is 2. The van der Waals surface area contributed by atoms with Crippen LogP contribution < -0.4 is 15.0 Å². The van der Waals surface area contributed by atoms with Gasteiger partial charge in [-0.05, 0) is 72.7 Å². The summed E-state index contributed by atoms with van der Waals surface area (Å²) in [6, 6.07) is 21.3. The lowest BCUT2D eigenvalue weighted by Crippen LogP contribution is -2.26. The monoisotopic (exact) mass is 512 g/mol. The van der Waals surface area contributed by atoms with Crippen LogP contribution in [0.4, 0.5) is 5.82 Å². The van der Waals surface area contributed by atoms with Gasteiger partial charge in [0.2, 0.25) is 0 Å². The van der Waals surface area contributed by atoms with Crippen LogP contribution in [-0.2, 0) is 13.0 Å². The predicted molar refractivity (Wildman–Crippen MR) is 161 cm³/mol. The smallest absolute Gasteiger partial charge is 0.139 e. The van der Waals surface area contributed by atoms with Crippen molar-refractivity contribution in [3.63, 3.8) is 0 Å². The van der Waals surface area contributed by atoms with E-state index in [1.165, 1.54) is 61.3 Å². The molecule has 202 valence electrons. The zero-order chi connectivity index (χ0) is 26.3. The van der Waals surface area contributed by atoms with Gasteiger partial charge in [0.25, 0.3) is 0 Å². The van der Waals surface area contributed by atoms with Crippen molar-refractivity contribution >= 4 is 27.5 Å². The van der Waals surface area contributed by atoms with Crippen LogP contribution in [0.3, 0.4) is 0 Å². The van der Waals surface area contributed by atoms with Crippen molar-refractivity contribution in [2.45, 2.75) is 57.9 Å². The Morgan fingerprint density at radius 3 is 2.37 bits per heavy atom. The molecule has 1 aliphatic carbocycles. The first-order chi connectivity index (χ1) is 18.6. The van der Waals surface area contributed by atoms with Crippen LogP contribution in [0.15, 0.2) is 60.7 Å². The molecule has 3 aromatic carbocycles. The van der Waals surface area contributed by atoms with E-state index in [0.29, 0.717) is 0 Å². The average molecular weight is 513 g/mol. The summed E-state index contributed by atoms with van der Waals surface area (Å²) in [5.74, 6) is 4.64. The van der Waals surface area contributed by atoms with E-state index in [1.54, 1.807) is 7.11 Å². The van der Waals surface area contributed by atoms with Gasteiger partial charge >= 0.3 is 0 Å². The third-order valence-corrected chi connectivity index (χ3v) is 8.18. The Bertz CT molecular complexity index is 1350. The Kier molecular flexibility index (Phi) is 8.75. The number of aryl methyl sites for hydroxylation is 1. The second kappa shape index (κ2) is 12.6. The highest BCUT2D eigenvalue weighted by Crippen LogP contribution is 2.32. The van der Waals surface area contributed by atoms with Crippen LogP contribution >= 0.6 is 0 Å². The molecule has 0 saturated heterocycles. The summed E-state index contributed by atoms with van der Waals surface area (Å²) < 4.78 is 5.67. The summed E-state index contributed by atoms with van der Waals surface area (Å²) in [6.07, 6.45) is 10.1. The molecule has 4 aromatic rings. The molecule has 1 aliphatic rings. The van der Waals surface area contributed by atoms with Gasteiger partial charge in [0.05, 0.1) is 12.6 Å². The molecule has 1 heterocycles. The Hall–Kier alpha value is -3.18. The molecule has 0 spiro atoms. The first kappa shape index (κ1) is 26.4. The number of rotatable bonds is 11. The van der Waals surface area contributed by atoms with Crippen molar-refractivity contribution in [2.24, 2.45) is 11.8 Å². The number of hydrogen-bond acceptors (Lipinski definition) is 5. The van der Waals surface area contributed by atoms with Crippen LogP contribution in [0.5, 0.6) is 5.75 Å². The van der Waals surface area contributed by atoms with Crippen molar-refractivity contribution < 1.29 is 6.16 Å². The molecule has 0 amide bonds. The number of fused-ring (bicyclic) bond motifs is 2. The highest BCUT2D eigenvalue weighted by Gasteiger charge is 2.21. The molecule has 1 saturated carbocycles. The Labute approximate surface area is 229 Å². The SMILES string of the molecule is COc1cc2ccccc2cc1CNCC1CCC(CCCCc2nc(N(C)C)c3ccccc3n2)CC1.[HH]. The van der Waals surface area contributed by atoms with E-state index in [4.69, 9.17) is 14.7 Å². The first-order valence-corrected chi connectivity index (χ1v) is 14.3. The quantitative estimate of drug-likeness (QED) is 0.212. The number of hydrogen-bond donors (Lipinski definition) is 1. The van der Waals surface area contributed by atoms with E-state index in [1.807, 2.05) is 0 Å². The normalized spacial score (nSPS) is 17.7. The van der Waals surface area contributed by atoms with Gasteiger partial charge in [-0.1, -0.05) is 62.1 Å². The van der Waals surface area contributed by atoms with Crippen molar-refractivity contribution in [3.05, 3.63) is 72.1 Å². The number of methoxy groups -OCH3 is 1. The van der Waals surface area contributed by atoms with E-state index >= 15 is 0 Å². The van der Waals surface area contributed by atoms with E-state index in [9.17, 15) is 0 Å². The fourth-order valence-electron chi connectivity index (χ4n) is 6.01. The fourth-order valence-corrected chi connectivity index (χ4v) is 6.01. The number of nitrogens with one attached hydrogen (secondary N) is 1. The predicted octanol–water partition coefficient (Wildman–Crippen LogP) is 7.41. The van der Waals surface area contributed by atoms with E-state index in [-0.39, 0.29) is 1.43 Å². The molecule has 5 heteroatoms. The molecule has 0 radical (unpaired) electrons. The third kappa shape index (κ3) is 6.44. The van der Waals surface area contributed by atoms with E-state index in [0.717, 1.165) is 59.6 Å². The Balaban J connectivity index is 0.00000353. The molecule has 5 nitrogen and oxygen atoms in total. The maximum Gasteiger partial charge on any atom is 0.139 e. The van der Waals surface area contributed by atoms with Crippen molar-refractivity contribution in [3.8, 4) is 5.75 Å². The molecule has 1 fully saturated rings. The number of nitrogens with zero attached hydrogens (tertiary/aromatic N) is 3. The van der Waals surface area contributed by atoms with Gasteiger partial charge in [0.1, 0.15) is 17.4 Å². The Morgan fingerprint density at radius 2 is 1.61 bits per heavy atom. The van der Waals surface area contributed by atoms with E-state index < -0.39 is 0 Å². The highest BCUT2D eigenvalue weighted by atomic mass is 16.5. The van der Waals surface area contributed by atoms with Gasteiger partial charge < -0.3 is 15.0 Å². The molecule has 0 atom stereocenters. The van der Waals surface area contributed by atoms with Gasteiger partial charge in [-0.15, -0.1) is 0 Å². The van der Waals surface area contributed by atoms with Gasteiger partial charge in [-0.2, -0.15) is 0 Å². The molecule has 0 aliphatic heterocycles. The second-order valence-corrected chi connectivity index (χ2v) is 11.1. The van der Waals surface area contributed by atoms with Crippen LogP contribution in [0, 0.1) is 11.8 Å². The maximum absolute atomic E-state index is 5.67. The first-order valence-electron chi connectivity index (χ1n) is 14.3. The van der Waals surface area contributed by atoms with Crippen LogP contribution in [-0.4, -0.2) is 37.7 Å². The Morgan fingerprint density at radius 1 is 0.895 bits per heavy atom. The number of para-hydroxylation sites is 1. The molecule has 38 heavy (non-hydrogen) atoms. The van der Waals surface area contributed by atoms with Crippen molar-refractivity contribution in [2.75, 3.05) is 32.6 Å². The summed E-state index contributed by atoms with van der Waals surface area (Å²) in [4.78, 5) is 11.8. The van der Waals surface area contributed by atoms with Crippen LogP contribution in [0.1, 0.15) is 57.8 Å². The summed E-state index contributed by atoms with van der Waals surface area (Å²) in [7, 11) is 5.89. The van der Waals surface area contributed by atoms with Gasteiger partial charge in [-0.25, -0.2) is 9.97 Å². The second-order valence-electron chi connectivity index (χ2n) is 11.1. The number of benzene rings is 3. The molecule has 1 N–H and O–H groups in total. The van der Waals surface area contributed by atoms with E-state index in [2.05, 4.69) is 85.0 Å². The average Bonchev–Trinajstić information content (AvgIpc) is 2.95. The zero-order valence-electron chi connectivity index (χ0n) is 23.2. The summed E-state index contributed by atoms with van der Waals surface area (Å²) >= 11 is 0. The van der Waals surface area contributed by atoms with Crippen molar-refractivity contribution in [1.82, 2.24) is 15.3 Å². The fraction of sp³-hybridized carbons (Fsp3) is 0.455. The summed E-state index contributed by atoms with van der Waals surface area (Å²) in [6.45, 7) is 1.95. The van der Waals surface area contributed by atoms with Crippen LogP contribution in [0.25, 0.3) is 21.7 Å². The highest BCUT2D eigenvalue weighted by molar-refractivity contribution is 5.89. The summed E-state index contributed by atoms with van der Waals surface area (Å²) in [5.41, 5.74) is 2.29. The molecule has 5 rings (SSSR count). The third-order valence-electron chi connectivity index (χ3n) is 8.18. The topological polar surface area (TPSA) is 50.3 Å². The number of unbranched alkanes of at least 4 members (excludes halogenated alkanes) is 1.